The van der Waals surface area contributed by atoms with E-state index < -0.39 is 43.0 Å². The third-order valence-corrected chi connectivity index (χ3v) is 2.56. The lowest BCUT2D eigenvalue weighted by Gasteiger charge is -2.19. The summed E-state index contributed by atoms with van der Waals surface area (Å²) in [5.74, 6) is -2.60. The normalized spacial score (nSPS) is 13.2. The first-order valence-corrected chi connectivity index (χ1v) is 6.07. The largest absolute Gasteiger partial charge is 0.480 e. The number of aromatic nitrogens is 2. The highest BCUT2D eigenvalue weighted by Crippen LogP contribution is 1.99. The second-order valence-electron chi connectivity index (χ2n) is 4.24. The summed E-state index contributed by atoms with van der Waals surface area (Å²) < 4.78 is 0. The summed E-state index contributed by atoms with van der Waals surface area (Å²) in [6.07, 6.45) is 2.95. The number of nitrogens with two attached hydrogens (primary N) is 1. The number of hydrogen-bond acceptors (Lipinski definition) is 6. The minimum Gasteiger partial charge on any atom is -0.480 e. The van der Waals surface area contributed by atoms with Gasteiger partial charge < -0.3 is 31.6 Å². The van der Waals surface area contributed by atoms with Crippen LogP contribution in [0.25, 0.3) is 0 Å². The number of carboxylic acid groups (broad SMARTS) is 1. The molecule has 10 heteroatoms. The molecule has 10 nitrogen and oxygen atoms in total. The van der Waals surface area contributed by atoms with Gasteiger partial charge in [0, 0.05) is 18.3 Å². The van der Waals surface area contributed by atoms with Crippen molar-refractivity contribution in [3.8, 4) is 0 Å². The fraction of sp³-hybridized carbons (Fsp3) is 0.455. The molecular formula is C11H17N5O5. The van der Waals surface area contributed by atoms with E-state index in [0.717, 1.165) is 0 Å². The van der Waals surface area contributed by atoms with Gasteiger partial charge in [-0.3, -0.25) is 14.4 Å². The highest BCUT2D eigenvalue weighted by atomic mass is 16.4. The number of carboxylic acids is 1. The highest BCUT2D eigenvalue weighted by molar-refractivity contribution is 5.91. The van der Waals surface area contributed by atoms with Crippen LogP contribution in [0, 0.1) is 0 Å². The molecule has 1 rings (SSSR count). The van der Waals surface area contributed by atoms with Gasteiger partial charge in [-0.25, -0.2) is 4.98 Å². The number of rotatable bonds is 8. The van der Waals surface area contributed by atoms with Gasteiger partial charge in [-0.2, -0.15) is 0 Å². The minimum atomic E-state index is -1.21. The van der Waals surface area contributed by atoms with Gasteiger partial charge in [0.15, 0.2) is 0 Å². The monoisotopic (exact) mass is 299 g/mol. The third kappa shape index (κ3) is 5.58. The van der Waals surface area contributed by atoms with Crippen molar-refractivity contribution in [2.45, 2.75) is 18.5 Å². The van der Waals surface area contributed by atoms with Gasteiger partial charge in [0.05, 0.1) is 12.9 Å². The second-order valence-corrected chi connectivity index (χ2v) is 4.24. The van der Waals surface area contributed by atoms with Gasteiger partial charge in [-0.05, 0) is 0 Å². The van der Waals surface area contributed by atoms with Crippen LogP contribution in [0.2, 0.25) is 0 Å². The number of nitrogens with zero attached hydrogens (tertiary/aromatic N) is 1. The van der Waals surface area contributed by atoms with Crippen LogP contribution in [0.1, 0.15) is 5.69 Å². The first-order chi connectivity index (χ1) is 9.93. The van der Waals surface area contributed by atoms with Crippen LogP contribution in [0.4, 0.5) is 0 Å². The maximum atomic E-state index is 11.9. The Bertz CT molecular complexity index is 489. The first-order valence-electron chi connectivity index (χ1n) is 6.07. The Hall–Kier alpha value is -2.46. The molecule has 116 valence electrons. The van der Waals surface area contributed by atoms with Crippen LogP contribution in [-0.2, 0) is 20.8 Å². The average Bonchev–Trinajstić information content (AvgIpc) is 2.95. The molecule has 21 heavy (non-hydrogen) atoms. The highest BCUT2D eigenvalue weighted by Gasteiger charge is 2.24. The van der Waals surface area contributed by atoms with E-state index in [4.69, 9.17) is 15.9 Å². The van der Waals surface area contributed by atoms with Gasteiger partial charge in [-0.1, -0.05) is 0 Å². The van der Waals surface area contributed by atoms with Crippen molar-refractivity contribution in [2.75, 3.05) is 13.2 Å². The molecule has 1 aromatic heterocycles. The van der Waals surface area contributed by atoms with E-state index in [1.54, 1.807) is 0 Å². The van der Waals surface area contributed by atoms with Gasteiger partial charge in [0.25, 0.3) is 0 Å². The SMILES string of the molecule is NC(CO)C(=O)NC(Cc1cnc[nH]1)C(=O)NCC(=O)O. The third-order valence-electron chi connectivity index (χ3n) is 2.56. The van der Waals surface area contributed by atoms with Crippen LogP contribution in [0.5, 0.6) is 0 Å². The van der Waals surface area contributed by atoms with E-state index in [1.807, 2.05) is 0 Å². The van der Waals surface area contributed by atoms with Crippen molar-refractivity contribution in [1.82, 2.24) is 20.6 Å². The maximum absolute atomic E-state index is 11.9. The number of aliphatic hydroxyl groups excluding tert-OH is 1. The standard InChI is InChI=1S/C11H17N5O5/c12-7(4-17)10(20)16-8(1-6-2-13-5-15-6)11(21)14-3-9(18)19/h2,5,7-8,17H,1,3-4,12H2,(H,13,15)(H,14,21)(H,16,20)(H,18,19). The molecule has 7 N–H and O–H groups in total. The van der Waals surface area contributed by atoms with Gasteiger partial charge in [-0.15, -0.1) is 0 Å². The second kappa shape index (κ2) is 7.97. The van der Waals surface area contributed by atoms with E-state index in [9.17, 15) is 14.4 Å². The van der Waals surface area contributed by atoms with Gasteiger partial charge in [0.2, 0.25) is 11.8 Å². The van der Waals surface area contributed by atoms with E-state index in [1.165, 1.54) is 12.5 Å². The number of hydrogen-bond donors (Lipinski definition) is 6. The van der Waals surface area contributed by atoms with Crippen molar-refractivity contribution < 1.29 is 24.6 Å². The smallest absolute Gasteiger partial charge is 0.322 e. The predicted molar refractivity (Wildman–Crippen MR) is 69.9 cm³/mol. The Morgan fingerprint density at radius 1 is 1.38 bits per heavy atom. The van der Waals surface area contributed by atoms with E-state index in [0.29, 0.717) is 5.69 Å². The number of aliphatic carboxylic acids is 1. The number of carbonyl (C=O) groups is 3. The summed E-state index contributed by atoms with van der Waals surface area (Å²) in [4.78, 5) is 40.5. The average molecular weight is 299 g/mol. The number of nitrogens with one attached hydrogen (secondary N) is 3. The zero-order valence-corrected chi connectivity index (χ0v) is 11.1. The number of aliphatic hydroxyl groups is 1. The molecule has 0 fully saturated rings. The van der Waals surface area contributed by atoms with Crippen molar-refractivity contribution in [3.05, 3.63) is 18.2 Å². The first kappa shape index (κ1) is 16.6. The number of aromatic amines is 1. The molecule has 0 radical (unpaired) electrons. The molecule has 0 saturated heterocycles. The molecule has 2 atom stereocenters. The molecular weight excluding hydrogens is 282 g/mol. The van der Waals surface area contributed by atoms with Crippen molar-refractivity contribution in [3.63, 3.8) is 0 Å². The zero-order chi connectivity index (χ0) is 15.8. The van der Waals surface area contributed by atoms with Crippen LogP contribution < -0.4 is 16.4 Å². The van der Waals surface area contributed by atoms with Gasteiger partial charge >= 0.3 is 5.97 Å². The van der Waals surface area contributed by atoms with Crippen molar-refractivity contribution >= 4 is 17.8 Å². The maximum Gasteiger partial charge on any atom is 0.322 e. The molecule has 2 unspecified atom stereocenters. The van der Waals surface area contributed by atoms with Crippen LogP contribution in [0.3, 0.4) is 0 Å². The Labute approximate surface area is 119 Å². The summed E-state index contributed by atoms with van der Waals surface area (Å²) in [5.41, 5.74) is 5.93. The molecule has 1 heterocycles. The fourth-order valence-corrected chi connectivity index (χ4v) is 1.47. The topological polar surface area (TPSA) is 170 Å². The molecule has 0 aliphatic carbocycles. The van der Waals surface area contributed by atoms with Crippen LogP contribution in [0.15, 0.2) is 12.5 Å². The summed E-state index contributed by atoms with van der Waals surface area (Å²) in [6, 6.07) is -2.20. The number of imidazole rings is 1. The van der Waals surface area contributed by atoms with E-state index in [2.05, 4.69) is 20.6 Å². The molecule has 2 amide bonds. The van der Waals surface area contributed by atoms with Gasteiger partial charge in [0.1, 0.15) is 18.6 Å². The Morgan fingerprint density at radius 2 is 2.10 bits per heavy atom. The summed E-state index contributed by atoms with van der Waals surface area (Å²) in [6.45, 7) is -1.14. The molecule has 0 aromatic carbocycles. The lowest BCUT2D eigenvalue weighted by Crippen LogP contribution is -2.53. The number of carbonyl (C=O) groups excluding carboxylic acids is 2. The van der Waals surface area contributed by atoms with E-state index in [-0.39, 0.29) is 6.42 Å². The van der Waals surface area contributed by atoms with Crippen molar-refractivity contribution in [2.24, 2.45) is 5.73 Å². The Balaban J connectivity index is 2.71. The lowest BCUT2D eigenvalue weighted by atomic mass is 10.1. The molecule has 0 saturated carbocycles. The van der Waals surface area contributed by atoms with Crippen LogP contribution >= 0.6 is 0 Å². The molecule has 0 spiro atoms. The zero-order valence-electron chi connectivity index (χ0n) is 11.1. The fourth-order valence-electron chi connectivity index (χ4n) is 1.47. The van der Waals surface area contributed by atoms with E-state index >= 15 is 0 Å². The minimum absolute atomic E-state index is 0.0787. The quantitative estimate of drug-likeness (QED) is 0.296. The number of H-pyrrole nitrogens is 1. The summed E-state index contributed by atoms with van der Waals surface area (Å²) >= 11 is 0. The number of amides is 2. The Morgan fingerprint density at radius 3 is 2.62 bits per heavy atom. The van der Waals surface area contributed by atoms with Crippen LogP contribution in [-0.4, -0.2) is 63.2 Å². The summed E-state index contributed by atoms with van der Waals surface area (Å²) in [5, 5.41) is 21.9. The molecule has 0 bridgehead atoms. The summed E-state index contributed by atoms with van der Waals surface area (Å²) in [7, 11) is 0. The lowest BCUT2D eigenvalue weighted by molar-refractivity contribution is -0.138. The Kier molecular flexibility index (Phi) is 6.30. The predicted octanol–water partition coefficient (Wildman–Crippen LogP) is -3.04. The molecule has 0 aliphatic heterocycles. The van der Waals surface area contributed by atoms with Crippen molar-refractivity contribution in [1.29, 1.82) is 0 Å². The molecule has 0 aliphatic rings. The molecule has 1 aromatic rings.